The van der Waals surface area contributed by atoms with E-state index in [4.69, 9.17) is 11.5 Å². The summed E-state index contributed by atoms with van der Waals surface area (Å²) in [5.41, 5.74) is 11.9. The molecular formula is C17H30N6O4S. The lowest BCUT2D eigenvalue weighted by molar-refractivity contribution is -0.142. The third-order valence-electron chi connectivity index (χ3n) is 4.13. The minimum atomic E-state index is -1.18. The summed E-state index contributed by atoms with van der Waals surface area (Å²) in [5, 5.41) is 14.5. The molecule has 3 atom stereocenters. The van der Waals surface area contributed by atoms with Gasteiger partial charge in [-0.15, -0.1) is 0 Å². The summed E-state index contributed by atoms with van der Waals surface area (Å²) < 4.78 is 0. The molecular weight excluding hydrogens is 384 g/mol. The molecule has 11 heteroatoms. The topological polar surface area (TPSA) is 176 Å². The summed E-state index contributed by atoms with van der Waals surface area (Å²) >= 11 is 1.58. The minimum absolute atomic E-state index is 0.0290. The van der Waals surface area contributed by atoms with Crippen molar-refractivity contribution in [1.29, 1.82) is 0 Å². The van der Waals surface area contributed by atoms with Crippen molar-refractivity contribution in [1.82, 2.24) is 20.6 Å². The number of H-pyrrole nitrogens is 1. The van der Waals surface area contributed by atoms with E-state index in [1.165, 1.54) is 6.33 Å². The van der Waals surface area contributed by atoms with E-state index in [0.717, 1.165) is 5.75 Å². The van der Waals surface area contributed by atoms with Gasteiger partial charge < -0.3 is 32.2 Å². The molecule has 1 aromatic heterocycles. The maximum Gasteiger partial charge on any atom is 0.326 e. The molecule has 0 spiro atoms. The third-order valence-corrected chi connectivity index (χ3v) is 4.78. The Bertz CT molecular complexity index is 613. The summed E-state index contributed by atoms with van der Waals surface area (Å²) in [6.07, 6.45) is 7.08. The second kappa shape index (κ2) is 13.1. The molecule has 0 aliphatic carbocycles. The van der Waals surface area contributed by atoms with Crippen molar-refractivity contribution < 1.29 is 19.5 Å². The highest BCUT2D eigenvalue weighted by Gasteiger charge is 2.28. The van der Waals surface area contributed by atoms with Crippen molar-refractivity contribution in [2.24, 2.45) is 11.5 Å². The fraction of sp³-hybridized carbons (Fsp3) is 0.647. The number of carboxylic acids is 1. The van der Waals surface area contributed by atoms with Crippen LogP contribution < -0.4 is 22.1 Å². The van der Waals surface area contributed by atoms with Crippen molar-refractivity contribution >= 4 is 29.5 Å². The zero-order valence-electron chi connectivity index (χ0n) is 16.0. The van der Waals surface area contributed by atoms with E-state index >= 15 is 0 Å². The molecule has 0 bridgehead atoms. The molecule has 158 valence electrons. The lowest BCUT2D eigenvalue weighted by atomic mass is 10.1. The minimum Gasteiger partial charge on any atom is -0.480 e. The molecule has 8 N–H and O–H groups in total. The number of nitrogens with two attached hydrogens (primary N) is 2. The van der Waals surface area contributed by atoms with E-state index in [2.05, 4.69) is 20.6 Å². The first-order chi connectivity index (χ1) is 13.4. The molecule has 1 heterocycles. The Kier molecular flexibility index (Phi) is 11.2. The highest BCUT2D eigenvalue weighted by molar-refractivity contribution is 7.98. The maximum atomic E-state index is 12.7. The van der Waals surface area contributed by atoms with E-state index in [9.17, 15) is 19.5 Å². The Labute approximate surface area is 168 Å². The highest BCUT2D eigenvalue weighted by atomic mass is 32.2. The smallest absolute Gasteiger partial charge is 0.326 e. The van der Waals surface area contributed by atoms with E-state index in [1.54, 1.807) is 18.0 Å². The van der Waals surface area contributed by atoms with Crippen LogP contribution in [0.3, 0.4) is 0 Å². The number of aliphatic carboxylic acids is 1. The molecule has 28 heavy (non-hydrogen) atoms. The van der Waals surface area contributed by atoms with Gasteiger partial charge >= 0.3 is 5.97 Å². The van der Waals surface area contributed by atoms with Crippen LogP contribution in [0.4, 0.5) is 0 Å². The van der Waals surface area contributed by atoms with Crippen molar-refractivity contribution in [3.63, 3.8) is 0 Å². The number of rotatable bonds is 14. The highest BCUT2D eigenvalue weighted by Crippen LogP contribution is 2.06. The number of hydrogen-bond acceptors (Lipinski definition) is 7. The summed E-state index contributed by atoms with van der Waals surface area (Å²) in [4.78, 5) is 43.2. The van der Waals surface area contributed by atoms with Crippen LogP contribution in [-0.2, 0) is 20.8 Å². The van der Waals surface area contributed by atoms with Crippen molar-refractivity contribution in [3.05, 3.63) is 18.2 Å². The number of imidazole rings is 1. The maximum absolute atomic E-state index is 12.7. The zero-order chi connectivity index (χ0) is 20.9. The number of carbonyl (C=O) groups is 3. The molecule has 0 aliphatic heterocycles. The van der Waals surface area contributed by atoms with Crippen molar-refractivity contribution in [2.75, 3.05) is 18.6 Å². The van der Waals surface area contributed by atoms with Gasteiger partial charge in [-0.2, -0.15) is 11.8 Å². The number of nitrogens with zero attached hydrogens (tertiary/aromatic N) is 1. The summed E-state index contributed by atoms with van der Waals surface area (Å²) in [6, 6.07) is -2.76. The van der Waals surface area contributed by atoms with Crippen LogP contribution in [-0.4, -0.2) is 69.5 Å². The van der Waals surface area contributed by atoms with Gasteiger partial charge in [-0.3, -0.25) is 9.59 Å². The van der Waals surface area contributed by atoms with E-state index in [1.807, 2.05) is 6.26 Å². The number of unbranched alkanes of at least 4 members (excludes halogenated alkanes) is 1. The van der Waals surface area contributed by atoms with Crippen molar-refractivity contribution in [3.8, 4) is 0 Å². The quantitative estimate of drug-likeness (QED) is 0.215. The molecule has 0 unspecified atom stereocenters. The predicted octanol–water partition coefficient (Wildman–Crippen LogP) is -0.784. The lowest BCUT2D eigenvalue weighted by Gasteiger charge is -2.22. The number of thioether (sulfide) groups is 1. The van der Waals surface area contributed by atoms with Crippen LogP contribution >= 0.6 is 11.8 Å². The van der Waals surface area contributed by atoms with Gasteiger partial charge in [0.05, 0.1) is 18.1 Å². The first-order valence-corrected chi connectivity index (χ1v) is 10.5. The second-order valence-electron chi connectivity index (χ2n) is 6.40. The van der Waals surface area contributed by atoms with Gasteiger partial charge in [0.25, 0.3) is 0 Å². The van der Waals surface area contributed by atoms with E-state index < -0.39 is 35.9 Å². The third kappa shape index (κ3) is 8.72. The van der Waals surface area contributed by atoms with Crippen LogP contribution in [0.1, 0.15) is 31.4 Å². The number of carboxylic acid groups (broad SMARTS) is 1. The van der Waals surface area contributed by atoms with Gasteiger partial charge in [0.15, 0.2) is 0 Å². The fourth-order valence-corrected chi connectivity index (χ4v) is 2.99. The Balaban J connectivity index is 2.75. The Morgan fingerprint density at radius 3 is 2.50 bits per heavy atom. The van der Waals surface area contributed by atoms with Gasteiger partial charge in [-0.05, 0) is 44.2 Å². The van der Waals surface area contributed by atoms with E-state index in [0.29, 0.717) is 37.9 Å². The molecule has 0 saturated carbocycles. The average Bonchev–Trinajstić information content (AvgIpc) is 3.17. The molecule has 1 rings (SSSR count). The number of hydrogen-bond donors (Lipinski definition) is 6. The summed E-state index contributed by atoms with van der Waals surface area (Å²) in [5.74, 6) is -1.45. The Hall–Kier alpha value is -2.11. The monoisotopic (exact) mass is 414 g/mol. The molecule has 0 fully saturated rings. The summed E-state index contributed by atoms with van der Waals surface area (Å²) in [6.45, 7) is 0.465. The Morgan fingerprint density at radius 2 is 1.93 bits per heavy atom. The van der Waals surface area contributed by atoms with Gasteiger partial charge in [-0.25, -0.2) is 9.78 Å². The number of carbonyl (C=O) groups excluding carboxylic acids is 2. The zero-order valence-corrected chi connectivity index (χ0v) is 16.8. The molecule has 0 aromatic carbocycles. The SMILES string of the molecule is CSCC[C@H](N)C(=O)N[C@@H](CCCCN)C(=O)N[C@@H](Cc1c[nH]cn1)C(=O)O. The summed E-state index contributed by atoms with van der Waals surface area (Å²) in [7, 11) is 0. The normalized spacial score (nSPS) is 14.1. The largest absolute Gasteiger partial charge is 0.480 e. The molecule has 10 nitrogen and oxygen atoms in total. The number of nitrogens with one attached hydrogen (secondary N) is 3. The van der Waals surface area contributed by atoms with Gasteiger partial charge in [-0.1, -0.05) is 0 Å². The van der Waals surface area contributed by atoms with Crippen LogP contribution in [0.5, 0.6) is 0 Å². The van der Waals surface area contributed by atoms with E-state index in [-0.39, 0.29) is 6.42 Å². The van der Waals surface area contributed by atoms with Gasteiger partial charge in [0, 0.05) is 12.6 Å². The fourth-order valence-electron chi connectivity index (χ4n) is 2.50. The second-order valence-corrected chi connectivity index (χ2v) is 7.38. The molecule has 0 radical (unpaired) electrons. The van der Waals surface area contributed by atoms with Gasteiger partial charge in [0.1, 0.15) is 12.1 Å². The number of aromatic amines is 1. The lowest BCUT2D eigenvalue weighted by Crippen LogP contribution is -2.54. The van der Waals surface area contributed by atoms with Crippen molar-refractivity contribution in [2.45, 2.75) is 50.2 Å². The molecule has 2 amide bonds. The standard InChI is InChI=1S/C17H30N6O4S/c1-28-7-5-12(19)15(24)22-13(4-2-3-6-18)16(25)23-14(17(26)27)8-11-9-20-10-21-11/h9-10,12-14H,2-8,18-19H2,1H3,(H,20,21)(H,22,24)(H,23,25)(H,26,27)/t12-,13-,14-/m0/s1. The first-order valence-electron chi connectivity index (χ1n) is 9.14. The Morgan fingerprint density at radius 1 is 1.21 bits per heavy atom. The molecule has 1 aromatic rings. The van der Waals surface area contributed by atoms with Crippen LogP contribution in [0.15, 0.2) is 12.5 Å². The van der Waals surface area contributed by atoms with Crippen LogP contribution in [0.2, 0.25) is 0 Å². The number of amides is 2. The molecule has 0 saturated heterocycles. The van der Waals surface area contributed by atoms with Crippen LogP contribution in [0.25, 0.3) is 0 Å². The average molecular weight is 415 g/mol. The van der Waals surface area contributed by atoms with Crippen LogP contribution in [0, 0.1) is 0 Å². The number of aromatic nitrogens is 2. The predicted molar refractivity (Wildman–Crippen MR) is 108 cm³/mol. The first kappa shape index (κ1) is 23.9. The molecule has 0 aliphatic rings. The van der Waals surface area contributed by atoms with Gasteiger partial charge in [0.2, 0.25) is 11.8 Å².